The molecule has 1 aliphatic carbocycles. The third kappa shape index (κ3) is 9.35. The van der Waals surface area contributed by atoms with Gasteiger partial charge in [-0.15, -0.1) is 0 Å². The Kier molecular flexibility index (Phi) is 13.3. The second-order valence-electron chi connectivity index (χ2n) is 19.5. The van der Waals surface area contributed by atoms with E-state index in [0.29, 0.717) is 0 Å². The molecule has 0 fully saturated rings. The van der Waals surface area contributed by atoms with Crippen molar-refractivity contribution in [3.05, 3.63) is 305 Å². The van der Waals surface area contributed by atoms with Crippen molar-refractivity contribution in [1.82, 2.24) is 0 Å². The summed E-state index contributed by atoms with van der Waals surface area (Å²) >= 11 is 0. The van der Waals surface area contributed by atoms with Crippen LogP contribution in [0.1, 0.15) is 54.5 Å². The average molecular weight is 962 g/mol. The minimum absolute atomic E-state index is 0.727. The summed E-state index contributed by atoms with van der Waals surface area (Å²) in [6.07, 6.45) is 14.5. The van der Waals surface area contributed by atoms with Gasteiger partial charge < -0.3 is 4.90 Å². The topological polar surface area (TPSA) is 3.24 Å². The van der Waals surface area contributed by atoms with Crippen molar-refractivity contribution in [2.24, 2.45) is 0 Å². The quantitative estimate of drug-likeness (QED) is 0.155. The van der Waals surface area contributed by atoms with Gasteiger partial charge in [0.15, 0.2) is 0 Å². The lowest BCUT2D eigenvalue weighted by Crippen LogP contribution is -2.27. The fourth-order valence-corrected chi connectivity index (χ4v) is 11.5. The Morgan fingerprint density at radius 2 is 0.867 bits per heavy atom. The van der Waals surface area contributed by atoms with Gasteiger partial charge in [-0.1, -0.05) is 250 Å². The number of fused-ring (bicyclic) bond motifs is 8. The normalized spacial score (nSPS) is 15.0. The van der Waals surface area contributed by atoms with Crippen LogP contribution in [0.25, 0.3) is 77.7 Å². The van der Waals surface area contributed by atoms with Crippen LogP contribution in [-0.2, 0) is 12.8 Å². The molecule has 13 rings (SSSR count). The number of hydrogen-bond acceptors (Lipinski definition) is 1. The first-order chi connectivity index (χ1) is 37.2. The van der Waals surface area contributed by atoms with E-state index in [-0.39, 0.29) is 0 Å². The number of nitrogens with zero attached hydrogens (tertiary/aromatic N) is 1. The van der Waals surface area contributed by atoms with Gasteiger partial charge >= 0.3 is 0 Å². The van der Waals surface area contributed by atoms with Crippen molar-refractivity contribution in [3.8, 4) is 44.5 Å². The van der Waals surface area contributed by atoms with E-state index in [1.165, 1.54) is 121 Å². The molecule has 75 heavy (non-hydrogen) atoms. The molecule has 0 N–H and O–H groups in total. The molecule has 1 heterocycles. The SMILES string of the molecule is C1=C\C/C=c2/cccc/c2=C(\c2ccc3c(c2)Cc2ccccc2N(c2cc(-c4ccccc4)cc(-c4ccccc4)c2)c2ccccc2Cc2cc(-c4c5ccccc5cc5ccccc45)ccc2-3)C\C=C/1.CC. The third-order valence-electron chi connectivity index (χ3n) is 15.0. The summed E-state index contributed by atoms with van der Waals surface area (Å²) in [5, 5.41) is 7.60. The van der Waals surface area contributed by atoms with Crippen LogP contribution in [0.5, 0.6) is 0 Å². The van der Waals surface area contributed by atoms with E-state index in [2.05, 4.69) is 278 Å². The average Bonchev–Trinajstić information content (AvgIpc) is 3.51. The van der Waals surface area contributed by atoms with Gasteiger partial charge in [-0.05, 0) is 159 Å². The van der Waals surface area contributed by atoms with E-state index in [1.807, 2.05) is 13.8 Å². The van der Waals surface area contributed by atoms with Gasteiger partial charge in [-0.3, -0.25) is 0 Å². The molecule has 0 saturated heterocycles. The highest BCUT2D eigenvalue weighted by molar-refractivity contribution is 6.13. The summed E-state index contributed by atoms with van der Waals surface area (Å²) in [5.74, 6) is 0. The maximum atomic E-state index is 2.56. The highest BCUT2D eigenvalue weighted by Crippen LogP contribution is 2.46. The van der Waals surface area contributed by atoms with E-state index in [0.717, 1.165) is 31.4 Å². The van der Waals surface area contributed by atoms with Gasteiger partial charge in [-0.2, -0.15) is 0 Å². The summed E-state index contributed by atoms with van der Waals surface area (Å²) < 4.78 is 0. The summed E-state index contributed by atoms with van der Waals surface area (Å²) in [6, 6.07) is 90.7. The maximum Gasteiger partial charge on any atom is 0.0497 e. The molecule has 1 heteroatoms. The van der Waals surface area contributed by atoms with Crippen LogP contribution in [0, 0.1) is 0 Å². The molecule has 0 spiro atoms. The lowest BCUT2D eigenvalue weighted by Gasteiger charge is -2.30. The molecule has 2 aliphatic rings. The van der Waals surface area contributed by atoms with E-state index in [4.69, 9.17) is 0 Å². The number of allylic oxidation sites excluding steroid dienone is 4. The van der Waals surface area contributed by atoms with Crippen LogP contribution in [0.15, 0.2) is 267 Å². The molecule has 0 radical (unpaired) electrons. The highest BCUT2D eigenvalue weighted by Gasteiger charge is 2.25. The van der Waals surface area contributed by atoms with E-state index in [9.17, 15) is 0 Å². The summed E-state index contributed by atoms with van der Waals surface area (Å²) in [7, 11) is 0. The lowest BCUT2D eigenvalue weighted by atomic mass is 9.85. The van der Waals surface area contributed by atoms with Crippen LogP contribution in [0.4, 0.5) is 17.1 Å². The number of para-hydroxylation sites is 2. The Bertz CT molecular complexity index is 3970. The van der Waals surface area contributed by atoms with Crippen LogP contribution >= 0.6 is 0 Å². The molecule has 1 aliphatic heterocycles. The smallest absolute Gasteiger partial charge is 0.0497 e. The van der Waals surface area contributed by atoms with Gasteiger partial charge in [0.05, 0.1) is 0 Å². The van der Waals surface area contributed by atoms with Crippen molar-refractivity contribution >= 4 is 50.3 Å². The van der Waals surface area contributed by atoms with E-state index >= 15 is 0 Å². The van der Waals surface area contributed by atoms with Gasteiger partial charge in [0.1, 0.15) is 0 Å². The molecule has 1 nitrogen and oxygen atoms in total. The largest absolute Gasteiger partial charge is 0.310 e. The van der Waals surface area contributed by atoms with Crippen LogP contribution < -0.4 is 15.3 Å². The minimum Gasteiger partial charge on any atom is -0.310 e. The zero-order valence-corrected chi connectivity index (χ0v) is 42.8. The zero-order chi connectivity index (χ0) is 50.5. The van der Waals surface area contributed by atoms with Crippen molar-refractivity contribution in [2.75, 3.05) is 4.90 Å². The fraction of sp³-hybridized carbons (Fsp3) is 0.0811. The van der Waals surface area contributed by atoms with Crippen LogP contribution in [0.2, 0.25) is 0 Å². The lowest BCUT2D eigenvalue weighted by molar-refractivity contribution is 1.14. The number of hydrogen-bond donors (Lipinski definition) is 0. The van der Waals surface area contributed by atoms with Crippen LogP contribution in [-0.4, -0.2) is 0 Å². The Morgan fingerprint density at radius 3 is 1.49 bits per heavy atom. The van der Waals surface area contributed by atoms with E-state index < -0.39 is 0 Å². The molecule has 0 saturated carbocycles. The second-order valence-corrected chi connectivity index (χ2v) is 19.5. The van der Waals surface area contributed by atoms with Gasteiger partial charge in [0, 0.05) is 29.9 Å². The second kappa shape index (κ2) is 21.2. The molecule has 0 amide bonds. The summed E-state index contributed by atoms with van der Waals surface area (Å²) in [4.78, 5) is 2.56. The molecule has 0 unspecified atom stereocenters. The molecule has 0 bridgehead atoms. The molecule has 0 atom stereocenters. The maximum absolute atomic E-state index is 2.56. The monoisotopic (exact) mass is 961 g/mol. The number of rotatable bonds is 5. The van der Waals surface area contributed by atoms with Crippen molar-refractivity contribution in [2.45, 2.75) is 39.5 Å². The van der Waals surface area contributed by atoms with E-state index in [1.54, 1.807) is 0 Å². The minimum atomic E-state index is 0.727. The Labute approximate surface area is 442 Å². The number of anilines is 3. The molecule has 360 valence electrons. The van der Waals surface area contributed by atoms with Crippen molar-refractivity contribution < 1.29 is 0 Å². The number of benzene rings is 11. The first-order valence-electron chi connectivity index (χ1n) is 26.7. The molecular weight excluding hydrogens is 903 g/mol. The Morgan fingerprint density at radius 1 is 0.360 bits per heavy atom. The van der Waals surface area contributed by atoms with Gasteiger partial charge in [0.25, 0.3) is 0 Å². The summed E-state index contributed by atoms with van der Waals surface area (Å²) in [5.41, 5.74) is 21.0. The predicted molar refractivity (Wildman–Crippen MR) is 321 cm³/mol. The third-order valence-corrected chi connectivity index (χ3v) is 15.0. The predicted octanol–water partition coefficient (Wildman–Crippen LogP) is 18.5. The Balaban J connectivity index is 0.00000281. The molecule has 11 aromatic rings. The van der Waals surface area contributed by atoms with Crippen molar-refractivity contribution in [3.63, 3.8) is 0 Å². The van der Waals surface area contributed by atoms with Crippen LogP contribution in [0.3, 0.4) is 0 Å². The molecule has 0 aromatic heterocycles. The fourth-order valence-electron chi connectivity index (χ4n) is 11.5. The summed E-state index contributed by atoms with van der Waals surface area (Å²) in [6.45, 7) is 4.00. The Hall–Kier alpha value is -9.04. The van der Waals surface area contributed by atoms with Gasteiger partial charge in [-0.25, -0.2) is 0 Å². The zero-order valence-electron chi connectivity index (χ0n) is 42.8. The highest BCUT2D eigenvalue weighted by atomic mass is 15.1. The molecule has 11 aromatic carbocycles. The first kappa shape index (κ1) is 47.0. The molecular formula is C74H59N. The van der Waals surface area contributed by atoms with Crippen molar-refractivity contribution in [1.29, 1.82) is 0 Å². The first-order valence-corrected chi connectivity index (χ1v) is 26.7. The standard InChI is InChI=1S/C72H53N.C2H6/c1-2-6-26-52-27-12-17-33-64(52)65(32-11-3-1)55-38-40-66-61(43-55)44-56-30-15-20-36-70(56)73(63-48-59(50-22-7-4-8-23-50)47-60(49-63)51-24-9-5-10-25-51)71-37-21-16-31-57(71)45-62-46-58(39-41-67(62)66)72-68-34-18-13-28-53(68)42-54-29-14-19-35-69(54)72;1-2/h1-5,7-31,33-43,46-49H,6,32,44-45H2;1-2H3/b2-1-,11-3-,52-26-,65-64+;. The van der Waals surface area contributed by atoms with Gasteiger partial charge in [0.2, 0.25) is 0 Å².